The van der Waals surface area contributed by atoms with E-state index in [1.807, 2.05) is 36.4 Å². The van der Waals surface area contributed by atoms with Gasteiger partial charge in [-0.3, -0.25) is 0 Å². The van der Waals surface area contributed by atoms with Gasteiger partial charge >= 0.3 is 0 Å². The van der Waals surface area contributed by atoms with Gasteiger partial charge in [0.2, 0.25) is 0 Å². The summed E-state index contributed by atoms with van der Waals surface area (Å²) in [5, 5.41) is 10.0. The molecule has 0 radical (unpaired) electrons. The Bertz CT molecular complexity index is 799. The average Bonchev–Trinajstić information content (AvgIpc) is 2.89. The van der Waals surface area contributed by atoms with Crippen LogP contribution in [0.1, 0.15) is 22.5 Å². The molecule has 0 aliphatic rings. The quantitative estimate of drug-likeness (QED) is 0.679. The highest BCUT2D eigenvalue weighted by atomic mass is 16.4. The molecule has 0 amide bonds. The van der Waals surface area contributed by atoms with Crippen LogP contribution in [0.15, 0.2) is 52.9 Å². The lowest BCUT2D eigenvalue weighted by molar-refractivity contribution is 0.251. The average molecular weight is 262 g/mol. The lowest BCUT2D eigenvalue weighted by Crippen LogP contribution is -1.77. The standard InChI is InChI=1S/C18H14O2/c1-13-2-4-14(5-3-13)6-7-15-8-9-18-16(10-15)11-17(12-19)20-18/h2-5,8-11,19H,12H2,1H3. The Labute approximate surface area is 117 Å². The van der Waals surface area contributed by atoms with Crippen LogP contribution in [-0.4, -0.2) is 5.11 Å². The first kappa shape index (κ1) is 12.5. The molecule has 1 N–H and O–H groups in total. The van der Waals surface area contributed by atoms with Crippen LogP contribution in [-0.2, 0) is 6.61 Å². The molecular weight excluding hydrogens is 248 g/mol. The Morgan fingerprint density at radius 2 is 1.65 bits per heavy atom. The molecular formula is C18H14O2. The van der Waals surface area contributed by atoms with Gasteiger partial charge in [0.1, 0.15) is 18.0 Å². The highest BCUT2D eigenvalue weighted by molar-refractivity contribution is 5.79. The largest absolute Gasteiger partial charge is 0.459 e. The molecule has 0 saturated carbocycles. The summed E-state index contributed by atoms with van der Waals surface area (Å²) >= 11 is 0. The number of benzene rings is 2. The fourth-order valence-electron chi connectivity index (χ4n) is 2.04. The second-order valence-electron chi connectivity index (χ2n) is 4.74. The van der Waals surface area contributed by atoms with Crippen molar-refractivity contribution in [2.24, 2.45) is 0 Å². The van der Waals surface area contributed by atoms with Gasteiger partial charge in [0.05, 0.1) is 0 Å². The normalized spacial score (nSPS) is 10.3. The van der Waals surface area contributed by atoms with Gasteiger partial charge < -0.3 is 9.52 Å². The zero-order chi connectivity index (χ0) is 13.9. The SMILES string of the molecule is Cc1ccc(C#Cc2ccc3oc(CO)cc3c2)cc1. The molecule has 0 bridgehead atoms. The molecule has 0 unspecified atom stereocenters. The van der Waals surface area contributed by atoms with E-state index < -0.39 is 0 Å². The van der Waals surface area contributed by atoms with Crippen molar-refractivity contribution in [3.05, 3.63) is 71.0 Å². The van der Waals surface area contributed by atoms with Crippen LogP contribution < -0.4 is 0 Å². The molecule has 0 saturated heterocycles. The number of furan rings is 1. The molecule has 2 nitrogen and oxygen atoms in total. The summed E-state index contributed by atoms with van der Waals surface area (Å²) in [5.74, 6) is 6.86. The maximum atomic E-state index is 9.06. The van der Waals surface area contributed by atoms with Crippen molar-refractivity contribution < 1.29 is 9.52 Å². The van der Waals surface area contributed by atoms with E-state index in [2.05, 4.69) is 30.9 Å². The zero-order valence-electron chi connectivity index (χ0n) is 11.2. The topological polar surface area (TPSA) is 33.4 Å². The van der Waals surface area contributed by atoms with E-state index in [0.29, 0.717) is 5.76 Å². The van der Waals surface area contributed by atoms with E-state index >= 15 is 0 Å². The molecule has 3 rings (SSSR count). The summed E-state index contributed by atoms with van der Waals surface area (Å²) in [5.41, 5.74) is 3.93. The van der Waals surface area contributed by atoms with Gasteiger partial charge in [-0.05, 0) is 43.3 Å². The zero-order valence-corrected chi connectivity index (χ0v) is 11.2. The number of aliphatic hydroxyl groups is 1. The Kier molecular flexibility index (Phi) is 3.28. The summed E-state index contributed by atoms with van der Waals surface area (Å²) in [4.78, 5) is 0. The summed E-state index contributed by atoms with van der Waals surface area (Å²) in [7, 11) is 0. The monoisotopic (exact) mass is 262 g/mol. The number of aliphatic hydroxyl groups excluding tert-OH is 1. The first-order chi connectivity index (χ1) is 9.74. The molecule has 2 aromatic carbocycles. The highest BCUT2D eigenvalue weighted by Crippen LogP contribution is 2.20. The Balaban J connectivity index is 1.93. The minimum atomic E-state index is -0.0843. The number of hydrogen-bond acceptors (Lipinski definition) is 2. The van der Waals surface area contributed by atoms with Gasteiger partial charge in [-0.15, -0.1) is 0 Å². The number of fused-ring (bicyclic) bond motifs is 1. The molecule has 3 aromatic rings. The van der Waals surface area contributed by atoms with E-state index in [1.165, 1.54) is 5.56 Å². The van der Waals surface area contributed by atoms with Crippen molar-refractivity contribution in [3.63, 3.8) is 0 Å². The van der Waals surface area contributed by atoms with Gasteiger partial charge in [-0.2, -0.15) is 0 Å². The summed E-state index contributed by atoms with van der Waals surface area (Å²) in [6.45, 7) is 1.97. The number of aryl methyl sites for hydroxylation is 1. The maximum absolute atomic E-state index is 9.06. The Morgan fingerprint density at radius 1 is 0.950 bits per heavy atom. The first-order valence-electron chi connectivity index (χ1n) is 6.46. The molecule has 0 aliphatic heterocycles. The third-order valence-corrected chi connectivity index (χ3v) is 3.13. The van der Waals surface area contributed by atoms with Crippen LogP contribution in [0.4, 0.5) is 0 Å². The van der Waals surface area contributed by atoms with Crippen LogP contribution in [0.5, 0.6) is 0 Å². The highest BCUT2D eigenvalue weighted by Gasteiger charge is 2.02. The van der Waals surface area contributed by atoms with Gasteiger partial charge in [0.15, 0.2) is 0 Å². The predicted molar refractivity (Wildman–Crippen MR) is 79.3 cm³/mol. The second-order valence-corrected chi connectivity index (χ2v) is 4.74. The van der Waals surface area contributed by atoms with Crippen molar-refractivity contribution in [3.8, 4) is 11.8 Å². The minimum absolute atomic E-state index is 0.0843. The lowest BCUT2D eigenvalue weighted by atomic mass is 10.1. The van der Waals surface area contributed by atoms with Crippen LogP contribution >= 0.6 is 0 Å². The van der Waals surface area contributed by atoms with Gasteiger partial charge in [-0.1, -0.05) is 29.5 Å². The molecule has 0 atom stereocenters. The predicted octanol–water partition coefficient (Wildman–Crippen LogP) is 3.63. The van der Waals surface area contributed by atoms with Crippen molar-refractivity contribution in [1.29, 1.82) is 0 Å². The fourth-order valence-corrected chi connectivity index (χ4v) is 2.04. The Hall–Kier alpha value is -2.50. The summed E-state index contributed by atoms with van der Waals surface area (Å²) < 4.78 is 5.45. The lowest BCUT2D eigenvalue weighted by Gasteiger charge is -1.93. The van der Waals surface area contributed by atoms with Crippen LogP contribution in [0.2, 0.25) is 0 Å². The van der Waals surface area contributed by atoms with Gasteiger partial charge in [0.25, 0.3) is 0 Å². The smallest absolute Gasteiger partial charge is 0.134 e. The third-order valence-electron chi connectivity index (χ3n) is 3.13. The molecule has 0 spiro atoms. The van der Waals surface area contributed by atoms with Crippen molar-refractivity contribution >= 4 is 11.0 Å². The molecule has 0 aliphatic carbocycles. The Morgan fingerprint density at radius 3 is 2.40 bits per heavy atom. The van der Waals surface area contributed by atoms with E-state index in [0.717, 1.165) is 22.1 Å². The van der Waals surface area contributed by atoms with E-state index in [1.54, 1.807) is 0 Å². The van der Waals surface area contributed by atoms with E-state index in [9.17, 15) is 0 Å². The van der Waals surface area contributed by atoms with Crippen molar-refractivity contribution in [1.82, 2.24) is 0 Å². The van der Waals surface area contributed by atoms with Crippen LogP contribution in [0.25, 0.3) is 11.0 Å². The summed E-state index contributed by atoms with van der Waals surface area (Å²) in [6, 6.07) is 15.8. The molecule has 20 heavy (non-hydrogen) atoms. The molecule has 98 valence electrons. The maximum Gasteiger partial charge on any atom is 0.134 e. The van der Waals surface area contributed by atoms with Crippen molar-refractivity contribution in [2.45, 2.75) is 13.5 Å². The first-order valence-corrected chi connectivity index (χ1v) is 6.46. The third kappa shape index (κ3) is 2.59. The minimum Gasteiger partial charge on any atom is -0.459 e. The molecule has 0 fully saturated rings. The van der Waals surface area contributed by atoms with Gasteiger partial charge in [-0.25, -0.2) is 0 Å². The second kappa shape index (κ2) is 5.24. The van der Waals surface area contributed by atoms with Crippen LogP contribution in [0.3, 0.4) is 0 Å². The molecule has 2 heteroatoms. The van der Waals surface area contributed by atoms with E-state index in [-0.39, 0.29) is 6.61 Å². The molecule has 1 heterocycles. The van der Waals surface area contributed by atoms with Crippen LogP contribution in [0, 0.1) is 18.8 Å². The number of rotatable bonds is 1. The van der Waals surface area contributed by atoms with Gasteiger partial charge in [0, 0.05) is 16.5 Å². The summed E-state index contributed by atoms with van der Waals surface area (Å²) in [6.07, 6.45) is 0. The number of hydrogen-bond donors (Lipinski definition) is 1. The van der Waals surface area contributed by atoms with E-state index in [4.69, 9.17) is 9.52 Å². The fraction of sp³-hybridized carbons (Fsp3) is 0.111. The van der Waals surface area contributed by atoms with Crippen molar-refractivity contribution in [2.75, 3.05) is 0 Å². The molecule has 1 aromatic heterocycles.